The van der Waals surface area contributed by atoms with Crippen molar-refractivity contribution in [2.75, 3.05) is 5.32 Å². The fourth-order valence-electron chi connectivity index (χ4n) is 1.95. The predicted octanol–water partition coefficient (Wildman–Crippen LogP) is 2.72. The number of hydrogen-bond donors (Lipinski definition) is 2. The third-order valence-electron chi connectivity index (χ3n) is 3.23. The van der Waals surface area contributed by atoms with E-state index in [4.69, 9.17) is 0 Å². The maximum Gasteiger partial charge on any atom is 0.333 e. The summed E-state index contributed by atoms with van der Waals surface area (Å²) in [6.07, 6.45) is 0. The molecule has 0 unspecified atom stereocenters. The fraction of sp³-hybridized carbons (Fsp3) is 0.133. The molecule has 0 saturated heterocycles. The first kappa shape index (κ1) is 17.4. The molecule has 0 saturated carbocycles. The van der Waals surface area contributed by atoms with Gasteiger partial charge in [0.2, 0.25) is 0 Å². The molecule has 2 aromatic rings. The number of nitrogens with zero attached hydrogens (tertiary/aromatic N) is 1. The first-order valence-electron chi connectivity index (χ1n) is 6.84. The van der Waals surface area contributed by atoms with Gasteiger partial charge in [-0.15, -0.1) is 0 Å². The Bertz CT molecular complexity index is 892. The Kier molecular flexibility index (Phi) is 4.84. The van der Waals surface area contributed by atoms with Crippen LogP contribution < -0.4 is 10.0 Å². The molecule has 2 aromatic carbocycles. The first-order chi connectivity index (χ1) is 11.2. The molecular weight excluding hydrogens is 334 g/mol. The molecule has 9 heteroatoms. The minimum atomic E-state index is -4.00. The lowest BCUT2D eigenvalue weighted by atomic mass is 10.2. The van der Waals surface area contributed by atoms with E-state index in [-0.39, 0.29) is 16.3 Å². The molecule has 0 aromatic heterocycles. The zero-order valence-corrected chi connectivity index (χ0v) is 13.8. The van der Waals surface area contributed by atoms with Gasteiger partial charge >= 0.3 is 6.03 Å². The topological polar surface area (TPSA) is 118 Å². The van der Waals surface area contributed by atoms with Crippen molar-refractivity contribution in [3.8, 4) is 0 Å². The summed E-state index contributed by atoms with van der Waals surface area (Å²) in [7, 11) is -4.00. The van der Waals surface area contributed by atoms with Gasteiger partial charge in [0.05, 0.1) is 9.82 Å². The highest BCUT2D eigenvalue weighted by Gasteiger charge is 2.18. The number of nitrogens with one attached hydrogen (secondary N) is 2. The third kappa shape index (κ3) is 4.07. The molecule has 24 heavy (non-hydrogen) atoms. The molecule has 0 heterocycles. The van der Waals surface area contributed by atoms with Gasteiger partial charge in [-0.25, -0.2) is 17.9 Å². The molecule has 2 N–H and O–H groups in total. The molecule has 0 aliphatic heterocycles. The van der Waals surface area contributed by atoms with Crippen LogP contribution in [0.4, 0.5) is 16.2 Å². The average molecular weight is 349 g/mol. The van der Waals surface area contributed by atoms with Gasteiger partial charge in [-0.05, 0) is 37.6 Å². The molecule has 0 fully saturated rings. The van der Waals surface area contributed by atoms with Crippen LogP contribution in [0.1, 0.15) is 11.1 Å². The third-order valence-corrected chi connectivity index (χ3v) is 4.57. The van der Waals surface area contributed by atoms with Crippen molar-refractivity contribution in [2.45, 2.75) is 18.7 Å². The van der Waals surface area contributed by atoms with Crippen LogP contribution in [0.15, 0.2) is 47.4 Å². The van der Waals surface area contributed by atoms with Gasteiger partial charge in [0.15, 0.2) is 0 Å². The Morgan fingerprint density at radius 1 is 1.08 bits per heavy atom. The smallest absolute Gasteiger partial charge is 0.307 e. The second-order valence-electron chi connectivity index (χ2n) is 5.13. The van der Waals surface area contributed by atoms with Gasteiger partial charge in [0, 0.05) is 17.8 Å². The number of carbonyl (C=O) groups is 1. The van der Waals surface area contributed by atoms with E-state index < -0.39 is 21.0 Å². The molecule has 0 radical (unpaired) electrons. The lowest BCUT2D eigenvalue weighted by molar-refractivity contribution is -0.384. The molecule has 8 nitrogen and oxygen atoms in total. The quantitative estimate of drug-likeness (QED) is 0.650. The van der Waals surface area contributed by atoms with Crippen LogP contribution in [0, 0.1) is 24.0 Å². The summed E-state index contributed by atoms with van der Waals surface area (Å²) in [6.45, 7) is 3.38. The normalized spacial score (nSPS) is 10.9. The molecule has 0 aliphatic rings. The van der Waals surface area contributed by atoms with Gasteiger partial charge in [-0.3, -0.25) is 10.1 Å². The summed E-state index contributed by atoms with van der Waals surface area (Å²) >= 11 is 0. The molecule has 0 spiro atoms. The number of nitro groups is 1. The van der Waals surface area contributed by atoms with Crippen molar-refractivity contribution < 1.29 is 18.1 Å². The summed E-state index contributed by atoms with van der Waals surface area (Å²) in [4.78, 5) is 22.0. The standard InChI is InChI=1S/C15H15N3O5S/c1-10-3-6-13(7-4-10)24(22,23)17-15(19)16-14-8-5-12(18(20)21)9-11(14)2/h3-9H,1-2H3,(H2,16,17,19). The number of aryl methyl sites for hydroxylation is 2. The van der Waals surface area contributed by atoms with E-state index in [2.05, 4.69) is 5.32 Å². The van der Waals surface area contributed by atoms with Gasteiger partial charge in [-0.1, -0.05) is 17.7 Å². The molecule has 126 valence electrons. The lowest BCUT2D eigenvalue weighted by Crippen LogP contribution is -2.34. The summed E-state index contributed by atoms with van der Waals surface area (Å²) in [5.41, 5.74) is 1.48. The molecule has 0 atom stereocenters. The highest BCUT2D eigenvalue weighted by atomic mass is 32.2. The van der Waals surface area contributed by atoms with E-state index in [0.29, 0.717) is 5.56 Å². The Hall–Kier alpha value is -2.94. The van der Waals surface area contributed by atoms with Crippen molar-refractivity contribution in [1.29, 1.82) is 0 Å². The number of urea groups is 1. The highest BCUT2D eigenvalue weighted by Crippen LogP contribution is 2.21. The van der Waals surface area contributed by atoms with Crippen LogP contribution in [0.2, 0.25) is 0 Å². The number of benzene rings is 2. The largest absolute Gasteiger partial charge is 0.333 e. The molecule has 2 rings (SSSR count). The average Bonchev–Trinajstić information content (AvgIpc) is 2.49. The zero-order valence-electron chi connectivity index (χ0n) is 12.9. The van der Waals surface area contributed by atoms with Crippen molar-refractivity contribution in [3.05, 3.63) is 63.7 Å². The van der Waals surface area contributed by atoms with E-state index in [9.17, 15) is 23.3 Å². The van der Waals surface area contributed by atoms with Crippen LogP contribution in [0.5, 0.6) is 0 Å². The van der Waals surface area contributed by atoms with E-state index in [1.54, 1.807) is 19.1 Å². The highest BCUT2D eigenvalue weighted by molar-refractivity contribution is 7.90. The fourth-order valence-corrected chi connectivity index (χ4v) is 2.86. The molecular formula is C15H15N3O5S. The van der Waals surface area contributed by atoms with E-state index >= 15 is 0 Å². The minimum absolute atomic E-state index is 0.0383. The van der Waals surface area contributed by atoms with E-state index in [0.717, 1.165) is 5.56 Å². The predicted molar refractivity (Wildman–Crippen MR) is 88.4 cm³/mol. The zero-order chi connectivity index (χ0) is 17.9. The number of non-ortho nitro benzene ring substituents is 1. The Labute approximate surface area is 138 Å². The van der Waals surface area contributed by atoms with Gasteiger partial charge in [0.25, 0.3) is 15.7 Å². The molecule has 0 aliphatic carbocycles. The number of hydrogen-bond acceptors (Lipinski definition) is 5. The first-order valence-corrected chi connectivity index (χ1v) is 8.33. The minimum Gasteiger partial charge on any atom is -0.307 e. The molecule has 2 amide bonds. The second kappa shape index (κ2) is 6.67. The lowest BCUT2D eigenvalue weighted by Gasteiger charge is -2.10. The van der Waals surface area contributed by atoms with Gasteiger partial charge in [-0.2, -0.15) is 0 Å². The van der Waals surface area contributed by atoms with Gasteiger partial charge in [0.1, 0.15) is 0 Å². The molecule has 0 bridgehead atoms. The van der Waals surface area contributed by atoms with Crippen LogP contribution in [0.25, 0.3) is 0 Å². The van der Waals surface area contributed by atoms with Gasteiger partial charge < -0.3 is 5.32 Å². The van der Waals surface area contributed by atoms with E-state index in [1.807, 2.05) is 11.6 Å². The van der Waals surface area contributed by atoms with Crippen LogP contribution in [-0.4, -0.2) is 19.4 Å². The Balaban J connectivity index is 2.13. The SMILES string of the molecule is Cc1ccc(S(=O)(=O)NC(=O)Nc2ccc([N+](=O)[O-])cc2C)cc1. The van der Waals surface area contributed by atoms with Crippen LogP contribution >= 0.6 is 0 Å². The summed E-state index contributed by atoms with van der Waals surface area (Å²) in [5.74, 6) is 0. The van der Waals surface area contributed by atoms with Crippen LogP contribution in [0.3, 0.4) is 0 Å². The van der Waals surface area contributed by atoms with Crippen molar-refractivity contribution >= 4 is 27.4 Å². The summed E-state index contributed by atoms with van der Waals surface area (Å²) < 4.78 is 26.1. The van der Waals surface area contributed by atoms with E-state index in [1.165, 1.54) is 30.3 Å². The number of rotatable bonds is 4. The van der Waals surface area contributed by atoms with Crippen LogP contribution in [-0.2, 0) is 10.0 Å². The van der Waals surface area contributed by atoms with Crippen molar-refractivity contribution in [3.63, 3.8) is 0 Å². The number of amides is 2. The number of anilines is 1. The maximum atomic E-state index is 12.1. The number of nitro benzene ring substituents is 1. The van der Waals surface area contributed by atoms with Crippen molar-refractivity contribution in [1.82, 2.24) is 4.72 Å². The Morgan fingerprint density at radius 3 is 2.25 bits per heavy atom. The Morgan fingerprint density at radius 2 is 1.71 bits per heavy atom. The monoisotopic (exact) mass is 349 g/mol. The summed E-state index contributed by atoms with van der Waals surface area (Å²) in [5, 5.41) is 13.0. The maximum absolute atomic E-state index is 12.1. The number of carbonyl (C=O) groups excluding carboxylic acids is 1. The van der Waals surface area contributed by atoms with Crippen molar-refractivity contribution in [2.24, 2.45) is 0 Å². The second-order valence-corrected chi connectivity index (χ2v) is 6.81. The summed E-state index contributed by atoms with van der Waals surface area (Å²) in [6, 6.07) is 8.91. The number of sulfonamides is 1.